The van der Waals surface area contributed by atoms with Gasteiger partial charge < -0.3 is 14.8 Å². The number of amides is 1. The number of hydrogen-bond acceptors (Lipinski definition) is 5. The molecular weight excluding hydrogens is 294 g/mol. The summed E-state index contributed by atoms with van der Waals surface area (Å²) >= 11 is 0. The first-order chi connectivity index (χ1) is 11.2. The van der Waals surface area contributed by atoms with Crippen LogP contribution in [0.4, 0.5) is 5.69 Å². The number of anilines is 1. The second kappa shape index (κ2) is 5.24. The zero-order chi connectivity index (χ0) is 15.8. The monoisotopic (exact) mass is 307 g/mol. The summed E-state index contributed by atoms with van der Waals surface area (Å²) in [6.45, 7) is 1.96. The van der Waals surface area contributed by atoms with E-state index in [9.17, 15) is 4.79 Å². The first kappa shape index (κ1) is 13.5. The van der Waals surface area contributed by atoms with Crippen LogP contribution in [0.2, 0.25) is 0 Å². The van der Waals surface area contributed by atoms with Gasteiger partial charge in [0, 0.05) is 17.1 Å². The Balaban J connectivity index is 1.70. The Labute approximate surface area is 132 Å². The van der Waals surface area contributed by atoms with E-state index in [-0.39, 0.29) is 12.7 Å². The molecule has 0 spiro atoms. The molecular formula is C17H13N3O3. The normalized spacial score (nSPS) is 12.4. The summed E-state index contributed by atoms with van der Waals surface area (Å²) in [6.07, 6.45) is 0. The molecule has 1 amide bonds. The van der Waals surface area contributed by atoms with Gasteiger partial charge in [-0.1, -0.05) is 18.2 Å². The highest BCUT2D eigenvalue weighted by atomic mass is 16.7. The van der Waals surface area contributed by atoms with E-state index >= 15 is 0 Å². The largest absolute Gasteiger partial charge is 0.454 e. The molecule has 0 atom stereocenters. The molecule has 4 rings (SSSR count). The number of benzene rings is 2. The number of nitrogens with zero attached hydrogens (tertiary/aromatic N) is 2. The van der Waals surface area contributed by atoms with Gasteiger partial charge in [-0.25, -0.2) is 9.97 Å². The maximum Gasteiger partial charge on any atom is 0.275 e. The van der Waals surface area contributed by atoms with Crippen molar-refractivity contribution in [2.24, 2.45) is 0 Å². The molecule has 0 unspecified atom stereocenters. The predicted molar refractivity (Wildman–Crippen MR) is 84.8 cm³/mol. The van der Waals surface area contributed by atoms with Gasteiger partial charge in [-0.05, 0) is 25.1 Å². The molecule has 0 bridgehead atoms. The van der Waals surface area contributed by atoms with Crippen LogP contribution in [0.3, 0.4) is 0 Å². The average molecular weight is 307 g/mol. The maximum atomic E-state index is 12.6. The van der Waals surface area contributed by atoms with Crippen LogP contribution in [0.5, 0.6) is 11.5 Å². The summed E-state index contributed by atoms with van der Waals surface area (Å²) in [4.78, 5) is 21.2. The van der Waals surface area contributed by atoms with Gasteiger partial charge in [0.05, 0.1) is 5.52 Å². The fraction of sp³-hybridized carbons (Fsp3) is 0.118. The van der Waals surface area contributed by atoms with Crippen LogP contribution in [0.15, 0.2) is 42.5 Å². The van der Waals surface area contributed by atoms with Gasteiger partial charge in [-0.3, -0.25) is 4.79 Å². The van der Waals surface area contributed by atoms with Crippen molar-refractivity contribution in [3.63, 3.8) is 0 Å². The van der Waals surface area contributed by atoms with Gasteiger partial charge in [-0.15, -0.1) is 0 Å². The molecule has 1 aliphatic rings. The third-order valence-electron chi connectivity index (χ3n) is 3.56. The minimum absolute atomic E-state index is 0.197. The van der Waals surface area contributed by atoms with Crippen molar-refractivity contribution in [2.45, 2.75) is 6.92 Å². The Morgan fingerprint density at radius 1 is 1.09 bits per heavy atom. The number of carbonyl (C=O) groups is 1. The molecule has 2 aromatic carbocycles. The Bertz CT molecular complexity index is 924. The Hall–Kier alpha value is -3.15. The number of ether oxygens (including phenoxy) is 2. The number of para-hydroxylation sites is 1. The van der Waals surface area contributed by atoms with Gasteiger partial charge in [0.15, 0.2) is 11.5 Å². The quantitative estimate of drug-likeness (QED) is 0.788. The number of hydrogen-bond donors (Lipinski definition) is 1. The lowest BCUT2D eigenvalue weighted by Gasteiger charge is -2.08. The summed E-state index contributed by atoms with van der Waals surface area (Å²) in [7, 11) is 0. The molecule has 0 fully saturated rings. The van der Waals surface area contributed by atoms with Crippen molar-refractivity contribution in [1.82, 2.24) is 9.97 Å². The molecule has 23 heavy (non-hydrogen) atoms. The molecule has 0 saturated heterocycles. The summed E-state index contributed by atoms with van der Waals surface area (Å²) in [5.41, 5.74) is 1.72. The Morgan fingerprint density at radius 2 is 1.91 bits per heavy atom. The molecule has 6 heteroatoms. The molecule has 3 aromatic rings. The summed E-state index contributed by atoms with van der Waals surface area (Å²) in [6, 6.07) is 12.7. The highest BCUT2D eigenvalue weighted by molar-refractivity contribution is 6.10. The van der Waals surface area contributed by atoms with Crippen molar-refractivity contribution in [1.29, 1.82) is 0 Å². The minimum atomic E-state index is -0.287. The van der Waals surface area contributed by atoms with E-state index in [4.69, 9.17) is 9.47 Å². The van der Waals surface area contributed by atoms with Crippen molar-refractivity contribution < 1.29 is 14.3 Å². The van der Waals surface area contributed by atoms with E-state index in [1.165, 1.54) is 0 Å². The lowest BCUT2D eigenvalue weighted by Crippen LogP contribution is -2.15. The van der Waals surface area contributed by atoms with E-state index in [2.05, 4.69) is 15.3 Å². The fourth-order valence-electron chi connectivity index (χ4n) is 2.53. The maximum absolute atomic E-state index is 12.6. The highest BCUT2D eigenvalue weighted by Crippen LogP contribution is 2.34. The molecule has 114 valence electrons. The van der Waals surface area contributed by atoms with Crippen LogP contribution in [0, 0.1) is 6.92 Å². The molecule has 1 aromatic heterocycles. The summed E-state index contributed by atoms with van der Waals surface area (Å²) in [5, 5.41) is 3.56. The highest BCUT2D eigenvalue weighted by Gasteiger charge is 2.17. The average Bonchev–Trinajstić information content (AvgIpc) is 3.01. The summed E-state index contributed by atoms with van der Waals surface area (Å²) < 4.78 is 10.6. The van der Waals surface area contributed by atoms with Gasteiger partial charge in [0.1, 0.15) is 11.5 Å². The molecule has 1 aliphatic heterocycles. The number of aromatic nitrogens is 2. The minimum Gasteiger partial charge on any atom is -0.454 e. The lowest BCUT2D eigenvalue weighted by atomic mass is 10.1. The molecule has 0 saturated carbocycles. The van der Waals surface area contributed by atoms with Gasteiger partial charge >= 0.3 is 0 Å². The van der Waals surface area contributed by atoms with Crippen molar-refractivity contribution in [2.75, 3.05) is 12.1 Å². The SMILES string of the molecule is Cc1nc(C(=O)Nc2ccc3c(c2)OCO3)c2ccccc2n1. The van der Waals surface area contributed by atoms with E-state index < -0.39 is 0 Å². The molecule has 1 N–H and O–H groups in total. The lowest BCUT2D eigenvalue weighted by molar-refractivity contribution is 0.102. The van der Waals surface area contributed by atoms with Crippen LogP contribution in [0.1, 0.15) is 16.3 Å². The predicted octanol–water partition coefficient (Wildman–Crippen LogP) is 2.92. The molecule has 2 heterocycles. The topological polar surface area (TPSA) is 73.3 Å². The van der Waals surface area contributed by atoms with Crippen molar-refractivity contribution >= 4 is 22.5 Å². The number of carbonyl (C=O) groups excluding carboxylic acids is 1. The van der Waals surface area contributed by atoms with Crippen LogP contribution < -0.4 is 14.8 Å². The van der Waals surface area contributed by atoms with Gasteiger partial charge in [0.2, 0.25) is 6.79 Å². The zero-order valence-electron chi connectivity index (χ0n) is 12.4. The van der Waals surface area contributed by atoms with E-state index in [0.717, 1.165) is 10.9 Å². The Kier molecular flexibility index (Phi) is 3.08. The fourth-order valence-corrected chi connectivity index (χ4v) is 2.53. The van der Waals surface area contributed by atoms with Crippen LogP contribution >= 0.6 is 0 Å². The van der Waals surface area contributed by atoms with Gasteiger partial charge in [-0.2, -0.15) is 0 Å². The first-order valence-corrected chi connectivity index (χ1v) is 7.15. The van der Waals surface area contributed by atoms with Crippen molar-refractivity contribution in [3.8, 4) is 11.5 Å². The molecule has 0 aliphatic carbocycles. The number of aryl methyl sites for hydroxylation is 1. The van der Waals surface area contributed by atoms with Crippen molar-refractivity contribution in [3.05, 3.63) is 54.0 Å². The van der Waals surface area contributed by atoms with Crippen LogP contribution in [-0.4, -0.2) is 22.7 Å². The third kappa shape index (κ3) is 2.44. The second-order valence-electron chi connectivity index (χ2n) is 5.16. The second-order valence-corrected chi connectivity index (χ2v) is 5.16. The third-order valence-corrected chi connectivity index (χ3v) is 3.56. The number of nitrogens with one attached hydrogen (secondary N) is 1. The molecule has 0 radical (unpaired) electrons. The zero-order valence-corrected chi connectivity index (χ0v) is 12.4. The number of fused-ring (bicyclic) bond motifs is 2. The van der Waals surface area contributed by atoms with E-state index in [1.54, 1.807) is 25.1 Å². The Morgan fingerprint density at radius 3 is 2.83 bits per heavy atom. The van der Waals surface area contributed by atoms with E-state index in [1.807, 2.05) is 24.3 Å². The first-order valence-electron chi connectivity index (χ1n) is 7.15. The van der Waals surface area contributed by atoms with Crippen LogP contribution in [-0.2, 0) is 0 Å². The van der Waals surface area contributed by atoms with E-state index in [0.29, 0.717) is 28.7 Å². The smallest absolute Gasteiger partial charge is 0.275 e. The standard InChI is InChI=1S/C17H13N3O3/c1-10-18-13-5-3-2-4-12(13)16(19-10)17(21)20-11-6-7-14-15(8-11)23-9-22-14/h2-8H,9H2,1H3,(H,20,21). The number of rotatable bonds is 2. The molecule has 6 nitrogen and oxygen atoms in total. The van der Waals surface area contributed by atoms with Crippen LogP contribution in [0.25, 0.3) is 10.9 Å². The summed E-state index contributed by atoms with van der Waals surface area (Å²) in [5.74, 6) is 1.56. The van der Waals surface area contributed by atoms with Gasteiger partial charge in [0.25, 0.3) is 5.91 Å².